The highest BCUT2D eigenvalue weighted by Crippen LogP contribution is 2.01. The summed E-state index contributed by atoms with van der Waals surface area (Å²) in [4.78, 5) is 10.4. The van der Waals surface area contributed by atoms with E-state index in [9.17, 15) is 4.79 Å². The average Bonchev–Trinajstić information content (AvgIpc) is 1.64. The Morgan fingerprint density at radius 3 is 2.88 bits per heavy atom. The molecule has 0 aromatic rings. The number of carbonyl (C=O) groups excluding carboxylic acids is 1. The highest BCUT2D eigenvalue weighted by atomic mass is 35.5. The predicted molar refractivity (Wildman–Crippen MR) is 30.4 cm³/mol. The van der Waals surface area contributed by atoms with E-state index in [0.717, 1.165) is 0 Å². The van der Waals surface area contributed by atoms with Crippen LogP contribution in [0.5, 0.6) is 0 Å². The molecule has 0 aliphatic carbocycles. The maximum absolute atomic E-state index is 10.4. The molecule has 0 bridgehead atoms. The van der Waals surface area contributed by atoms with Crippen LogP contribution in [-0.4, -0.2) is 17.8 Å². The monoisotopic (exact) mass is 134 g/mol. The molecule has 0 unspecified atom stereocenters. The fourth-order valence-corrected chi connectivity index (χ4v) is 0.802. The van der Waals surface area contributed by atoms with Crippen molar-refractivity contribution in [3.8, 4) is 0 Å². The molecule has 1 atom stereocenters. The Kier molecular flexibility index (Phi) is 1.70. The lowest BCUT2D eigenvalue weighted by molar-refractivity contribution is -0.123. The lowest BCUT2D eigenvalue weighted by Crippen LogP contribution is -2.47. The maximum Gasteiger partial charge on any atom is 0.235 e. The Balaban J connectivity index is 2.34. The number of carbonyl (C=O) groups is 1. The van der Waals surface area contributed by atoms with E-state index in [-0.39, 0.29) is 11.3 Å². The molecule has 0 spiro atoms. The molecule has 1 amide bonds. The highest BCUT2D eigenvalue weighted by Gasteiger charge is 2.14. The molecule has 2 N–H and O–H groups in total. The molecule has 1 rings (SSSR count). The molecule has 0 radical (unpaired) electrons. The number of halogens is 1. The zero-order valence-electron chi connectivity index (χ0n) is 4.28. The van der Waals surface area contributed by atoms with Crippen LogP contribution >= 0.6 is 11.6 Å². The summed E-state index contributed by atoms with van der Waals surface area (Å²) in [5.74, 6) is -0.0312. The van der Waals surface area contributed by atoms with Crippen LogP contribution < -0.4 is 10.9 Å². The van der Waals surface area contributed by atoms with Gasteiger partial charge in [-0.25, -0.2) is 5.43 Å². The summed E-state index contributed by atoms with van der Waals surface area (Å²) in [5, 5.41) is -0.0382. The number of nitrogens with one attached hydrogen (secondary N) is 2. The summed E-state index contributed by atoms with van der Waals surface area (Å²) in [5.41, 5.74) is 5.09. The van der Waals surface area contributed by atoms with E-state index in [4.69, 9.17) is 11.6 Å². The first-order valence-electron chi connectivity index (χ1n) is 2.45. The number of amides is 1. The molecular formula is C4H7ClN2O. The highest BCUT2D eigenvalue weighted by molar-refractivity contribution is 6.22. The molecule has 1 heterocycles. The van der Waals surface area contributed by atoms with Gasteiger partial charge in [0.1, 0.15) is 0 Å². The van der Waals surface area contributed by atoms with Gasteiger partial charge in [-0.3, -0.25) is 10.2 Å². The Bertz CT molecular complexity index is 106. The van der Waals surface area contributed by atoms with Gasteiger partial charge in [0.2, 0.25) is 5.91 Å². The van der Waals surface area contributed by atoms with Crippen molar-refractivity contribution in [1.29, 1.82) is 0 Å². The quantitative estimate of drug-likeness (QED) is 0.444. The molecule has 1 aliphatic heterocycles. The fraction of sp³-hybridized carbons (Fsp3) is 0.750. The molecule has 0 aromatic heterocycles. The third-order valence-electron chi connectivity index (χ3n) is 0.958. The normalized spacial score (nSPS) is 29.6. The number of hydrazine groups is 1. The summed E-state index contributed by atoms with van der Waals surface area (Å²) in [6.07, 6.45) is 0.425. The molecule has 0 aromatic carbocycles. The first-order chi connectivity index (χ1) is 3.79. The van der Waals surface area contributed by atoms with Gasteiger partial charge in [-0.15, -0.1) is 11.6 Å². The van der Waals surface area contributed by atoms with Crippen molar-refractivity contribution in [2.24, 2.45) is 0 Å². The van der Waals surface area contributed by atoms with Gasteiger partial charge < -0.3 is 0 Å². The van der Waals surface area contributed by atoms with E-state index >= 15 is 0 Å². The summed E-state index contributed by atoms with van der Waals surface area (Å²) in [6.45, 7) is 0.660. The number of hydrogen-bond acceptors (Lipinski definition) is 2. The van der Waals surface area contributed by atoms with Crippen LogP contribution in [0, 0.1) is 0 Å². The third kappa shape index (κ3) is 1.35. The van der Waals surface area contributed by atoms with Crippen LogP contribution in [0.2, 0.25) is 0 Å². The van der Waals surface area contributed by atoms with Crippen molar-refractivity contribution in [2.75, 3.05) is 6.54 Å². The van der Waals surface area contributed by atoms with Crippen molar-refractivity contribution >= 4 is 17.5 Å². The van der Waals surface area contributed by atoms with Crippen LogP contribution in [0.15, 0.2) is 0 Å². The number of hydrogen-bond donors (Lipinski definition) is 2. The van der Waals surface area contributed by atoms with Crippen LogP contribution in [0.25, 0.3) is 0 Å². The molecule has 46 valence electrons. The van der Waals surface area contributed by atoms with Crippen LogP contribution in [0.4, 0.5) is 0 Å². The second-order valence-corrected chi connectivity index (χ2v) is 2.35. The SMILES string of the molecule is O=C1C[C@@H](Cl)CNN1. The van der Waals surface area contributed by atoms with Gasteiger partial charge in [0.25, 0.3) is 0 Å². The lowest BCUT2D eigenvalue weighted by atomic mass is 10.3. The fourth-order valence-electron chi connectivity index (χ4n) is 0.585. The predicted octanol–water partition coefficient (Wildman–Crippen LogP) is -0.382. The molecular weight excluding hydrogens is 128 g/mol. The standard InChI is InChI=1S/C4H7ClN2O/c5-3-1-4(8)7-6-2-3/h3,6H,1-2H2,(H,7,8)/t3-/m1/s1. The first kappa shape index (κ1) is 5.85. The van der Waals surface area contributed by atoms with Gasteiger partial charge in [-0.1, -0.05) is 0 Å². The van der Waals surface area contributed by atoms with Crippen LogP contribution in [-0.2, 0) is 4.79 Å². The largest absolute Gasteiger partial charge is 0.291 e. The zero-order valence-corrected chi connectivity index (χ0v) is 5.03. The smallest absolute Gasteiger partial charge is 0.235 e. The van der Waals surface area contributed by atoms with Gasteiger partial charge in [0.05, 0.1) is 5.38 Å². The van der Waals surface area contributed by atoms with Crippen molar-refractivity contribution < 1.29 is 4.79 Å². The van der Waals surface area contributed by atoms with E-state index in [1.54, 1.807) is 0 Å². The number of rotatable bonds is 0. The van der Waals surface area contributed by atoms with Crippen LogP contribution in [0.3, 0.4) is 0 Å². The Morgan fingerprint density at radius 1 is 1.75 bits per heavy atom. The van der Waals surface area contributed by atoms with Gasteiger partial charge in [-0.2, -0.15) is 0 Å². The van der Waals surface area contributed by atoms with Crippen molar-refractivity contribution in [3.63, 3.8) is 0 Å². The second kappa shape index (κ2) is 2.33. The van der Waals surface area contributed by atoms with E-state index in [1.165, 1.54) is 0 Å². The molecule has 8 heavy (non-hydrogen) atoms. The second-order valence-electron chi connectivity index (χ2n) is 1.73. The zero-order chi connectivity index (χ0) is 5.98. The minimum Gasteiger partial charge on any atom is -0.291 e. The van der Waals surface area contributed by atoms with Gasteiger partial charge >= 0.3 is 0 Å². The van der Waals surface area contributed by atoms with Crippen LogP contribution in [0.1, 0.15) is 6.42 Å². The lowest BCUT2D eigenvalue weighted by Gasteiger charge is -2.16. The van der Waals surface area contributed by atoms with Gasteiger partial charge in [0, 0.05) is 13.0 Å². The van der Waals surface area contributed by atoms with Crippen molar-refractivity contribution in [1.82, 2.24) is 10.9 Å². The Morgan fingerprint density at radius 2 is 2.50 bits per heavy atom. The molecule has 4 heteroatoms. The molecule has 1 saturated heterocycles. The Hall–Kier alpha value is -0.280. The van der Waals surface area contributed by atoms with E-state index in [0.29, 0.717) is 13.0 Å². The van der Waals surface area contributed by atoms with E-state index in [2.05, 4.69) is 10.9 Å². The minimum absolute atomic E-state index is 0.0312. The summed E-state index contributed by atoms with van der Waals surface area (Å²) in [6, 6.07) is 0. The minimum atomic E-state index is -0.0382. The summed E-state index contributed by atoms with van der Waals surface area (Å²) in [7, 11) is 0. The van der Waals surface area contributed by atoms with Gasteiger partial charge in [0.15, 0.2) is 0 Å². The molecule has 0 saturated carbocycles. The van der Waals surface area contributed by atoms with E-state index < -0.39 is 0 Å². The van der Waals surface area contributed by atoms with Gasteiger partial charge in [-0.05, 0) is 0 Å². The topological polar surface area (TPSA) is 41.1 Å². The molecule has 3 nitrogen and oxygen atoms in total. The molecule has 1 aliphatic rings. The van der Waals surface area contributed by atoms with Crippen molar-refractivity contribution in [3.05, 3.63) is 0 Å². The number of alkyl halides is 1. The maximum atomic E-state index is 10.4. The third-order valence-corrected chi connectivity index (χ3v) is 1.27. The summed E-state index contributed by atoms with van der Waals surface area (Å²) < 4.78 is 0. The average molecular weight is 135 g/mol. The Labute approximate surface area is 52.4 Å². The summed E-state index contributed by atoms with van der Waals surface area (Å²) >= 11 is 5.59. The van der Waals surface area contributed by atoms with E-state index in [1.807, 2.05) is 0 Å². The van der Waals surface area contributed by atoms with Crippen molar-refractivity contribution in [2.45, 2.75) is 11.8 Å². The first-order valence-corrected chi connectivity index (χ1v) is 2.88. The molecule has 1 fully saturated rings.